The molecule has 0 aromatic heterocycles. The fourth-order valence-corrected chi connectivity index (χ4v) is 3.40. The van der Waals surface area contributed by atoms with Crippen LogP contribution in [0.25, 0.3) is 0 Å². The molecule has 0 radical (unpaired) electrons. The lowest BCUT2D eigenvalue weighted by atomic mass is 9.78. The van der Waals surface area contributed by atoms with Gasteiger partial charge in [0, 0.05) is 38.8 Å². The summed E-state index contributed by atoms with van der Waals surface area (Å²) >= 11 is 0. The molecule has 0 spiro atoms. The largest absolute Gasteiger partial charge is 0.314 e. The van der Waals surface area contributed by atoms with Crippen LogP contribution < -0.4 is 5.32 Å². The molecule has 0 bridgehead atoms. The Morgan fingerprint density at radius 2 is 1.88 bits per heavy atom. The van der Waals surface area contributed by atoms with Crippen LogP contribution in [0.15, 0.2) is 0 Å². The summed E-state index contributed by atoms with van der Waals surface area (Å²) in [5.74, 6) is 0. The van der Waals surface area contributed by atoms with Crippen LogP contribution >= 0.6 is 0 Å². The normalized spacial score (nSPS) is 32.8. The quantitative estimate of drug-likeness (QED) is 0.757. The van der Waals surface area contributed by atoms with Crippen molar-refractivity contribution in [2.45, 2.75) is 33.2 Å². The third kappa shape index (κ3) is 2.58. The second kappa shape index (κ2) is 5.03. The van der Waals surface area contributed by atoms with E-state index >= 15 is 0 Å². The first kappa shape index (κ1) is 12.3. The number of nitrogens with one attached hydrogen (secondary N) is 1. The maximum atomic E-state index is 3.45. The van der Waals surface area contributed by atoms with Gasteiger partial charge in [-0.3, -0.25) is 4.90 Å². The molecule has 2 saturated heterocycles. The highest BCUT2D eigenvalue weighted by atomic mass is 15.2. The first-order valence-corrected chi connectivity index (χ1v) is 6.80. The summed E-state index contributed by atoms with van der Waals surface area (Å²) in [7, 11) is 0. The monoisotopic (exact) mass is 225 g/mol. The third-order valence-corrected chi connectivity index (χ3v) is 4.29. The molecule has 0 saturated carbocycles. The smallest absolute Gasteiger partial charge is 0.0172 e. The Morgan fingerprint density at radius 3 is 2.44 bits per heavy atom. The average molecular weight is 225 g/mol. The maximum Gasteiger partial charge on any atom is 0.0172 e. The van der Waals surface area contributed by atoms with Crippen molar-refractivity contribution in [2.24, 2.45) is 5.41 Å². The van der Waals surface area contributed by atoms with E-state index in [2.05, 4.69) is 35.9 Å². The zero-order valence-corrected chi connectivity index (χ0v) is 11.1. The molecular weight excluding hydrogens is 198 g/mol. The SMILES string of the molecule is CCN1CCC(N2CCNCC2)C(C)(C)C1. The van der Waals surface area contributed by atoms with Crippen molar-refractivity contribution in [3.05, 3.63) is 0 Å². The molecule has 16 heavy (non-hydrogen) atoms. The van der Waals surface area contributed by atoms with Crippen molar-refractivity contribution in [1.82, 2.24) is 15.1 Å². The Bertz CT molecular complexity index is 221. The zero-order valence-electron chi connectivity index (χ0n) is 11.1. The predicted octanol–water partition coefficient (Wildman–Crippen LogP) is 1.01. The topological polar surface area (TPSA) is 18.5 Å². The van der Waals surface area contributed by atoms with Gasteiger partial charge in [-0.25, -0.2) is 0 Å². The molecule has 2 rings (SSSR count). The summed E-state index contributed by atoms with van der Waals surface area (Å²) in [5, 5.41) is 3.45. The van der Waals surface area contributed by atoms with E-state index in [9.17, 15) is 0 Å². The summed E-state index contributed by atoms with van der Waals surface area (Å²) in [5.41, 5.74) is 0.450. The molecule has 3 nitrogen and oxygen atoms in total. The Hall–Kier alpha value is -0.120. The summed E-state index contributed by atoms with van der Waals surface area (Å²) in [6.07, 6.45) is 1.35. The van der Waals surface area contributed by atoms with Gasteiger partial charge in [-0.05, 0) is 24.9 Å². The second-order valence-electron chi connectivity index (χ2n) is 5.95. The fraction of sp³-hybridized carbons (Fsp3) is 1.00. The lowest BCUT2D eigenvalue weighted by Gasteiger charge is -2.50. The number of nitrogens with zero attached hydrogens (tertiary/aromatic N) is 2. The van der Waals surface area contributed by atoms with Gasteiger partial charge in [-0.1, -0.05) is 20.8 Å². The number of hydrogen-bond donors (Lipinski definition) is 1. The molecule has 0 amide bonds. The van der Waals surface area contributed by atoms with Crippen molar-refractivity contribution in [3.63, 3.8) is 0 Å². The van der Waals surface area contributed by atoms with E-state index in [-0.39, 0.29) is 0 Å². The molecule has 2 aliphatic heterocycles. The molecule has 2 aliphatic rings. The minimum absolute atomic E-state index is 0.450. The number of piperidine rings is 1. The molecule has 2 heterocycles. The number of piperazine rings is 1. The van der Waals surface area contributed by atoms with Crippen molar-refractivity contribution < 1.29 is 0 Å². The van der Waals surface area contributed by atoms with Crippen LogP contribution in [0.1, 0.15) is 27.2 Å². The lowest BCUT2D eigenvalue weighted by molar-refractivity contribution is 0.00255. The molecule has 94 valence electrons. The van der Waals surface area contributed by atoms with Crippen molar-refractivity contribution in [3.8, 4) is 0 Å². The molecular formula is C13H27N3. The van der Waals surface area contributed by atoms with Crippen LogP contribution in [0.3, 0.4) is 0 Å². The Kier molecular flexibility index (Phi) is 3.88. The highest BCUT2D eigenvalue weighted by Crippen LogP contribution is 2.33. The van der Waals surface area contributed by atoms with Gasteiger partial charge in [-0.2, -0.15) is 0 Å². The maximum absolute atomic E-state index is 3.45. The molecule has 1 N–H and O–H groups in total. The first-order chi connectivity index (χ1) is 7.63. The minimum Gasteiger partial charge on any atom is -0.314 e. The first-order valence-electron chi connectivity index (χ1n) is 6.80. The van der Waals surface area contributed by atoms with Crippen LogP contribution in [0.4, 0.5) is 0 Å². The lowest BCUT2D eigenvalue weighted by Crippen LogP contribution is -2.59. The van der Waals surface area contributed by atoms with E-state index in [0.717, 1.165) is 6.04 Å². The van der Waals surface area contributed by atoms with Gasteiger partial charge in [0.15, 0.2) is 0 Å². The van der Waals surface area contributed by atoms with Crippen LogP contribution in [-0.4, -0.2) is 61.7 Å². The van der Waals surface area contributed by atoms with Gasteiger partial charge >= 0.3 is 0 Å². The number of rotatable bonds is 2. The van der Waals surface area contributed by atoms with Gasteiger partial charge in [0.05, 0.1) is 0 Å². The highest BCUT2D eigenvalue weighted by Gasteiger charge is 2.38. The van der Waals surface area contributed by atoms with Crippen LogP contribution in [-0.2, 0) is 0 Å². The Labute approximate surface area is 100 Å². The van der Waals surface area contributed by atoms with Crippen molar-refractivity contribution >= 4 is 0 Å². The highest BCUT2D eigenvalue weighted by molar-refractivity contribution is 4.94. The van der Waals surface area contributed by atoms with E-state index in [1.807, 2.05) is 0 Å². The van der Waals surface area contributed by atoms with E-state index in [0.29, 0.717) is 5.41 Å². The molecule has 1 atom stereocenters. The van der Waals surface area contributed by atoms with E-state index in [1.165, 1.54) is 52.2 Å². The fourth-order valence-electron chi connectivity index (χ4n) is 3.40. The van der Waals surface area contributed by atoms with Gasteiger partial charge in [0.25, 0.3) is 0 Å². The van der Waals surface area contributed by atoms with Gasteiger partial charge in [-0.15, -0.1) is 0 Å². The second-order valence-corrected chi connectivity index (χ2v) is 5.95. The molecule has 0 aromatic rings. The van der Waals surface area contributed by atoms with Crippen molar-refractivity contribution in [1.29, 1.82) is 0 Å². The van der Waals surface area contributed by atoms with E-state index in [4.69, 9.17) is 0 Å². The zero-order chi connectivity index (χ0) is 11.6. The minimum atomic E-state index is 0.450. The summed E-state index contributed by atoms with van der Waals surface area (Å²) < 4.78 is 0. The van der Waals surface area contributed by atoms with Crippen LogP contribution in [0.5, 0.6) is 0 Å². The molecule has 0 aliphatic carbocycles. The van der Waals surface area contributed by atoms with E-state index in [1.54, 1.807) is 0 Å². The van der Waals surface area contributed by atoms with Crippen LogP contribution in [0, 0.1) is 5.41 Å². The number of likely N-dealkylation sites (tertiary alicyclic amines) is 1. The number of hydrogen-bond acceptors (Lipinski definition) is 3. The summed E-state index contributed by atoms with van der Waals surface area (Å²) in [4.78, 5) is 5.31. The third-order valence-electron chi connectivity index (χ3n) is 4.29. The standard InChI is InChI=1S/C13H27N3/c1-4-15-8-5-12(13(2,3)11-15)16-9-6-14-7-10-16/h12,14H,4-11H2,1-3H3. The Morgan fingerprint density at radius 1 is 1.19 bits per heavy atom. The van der Waals surface area contributed by atoms with Crippen LogP contribution in [0.2, 0.25) is 0 Å². The Balaban J connectivity index is 1.98. The molecule has 1 unspecified atom stereocenters. The molecule has 0 aromatic carbocycles. The molecule has 2 fully saturated rings. The van der Waals surface area contributed by atoms with Gasteiger partial charge < -0.3 is 10.2 Å². The predicted molar refractivity (Wildman–Crippen MR) is 68.7 cm³/mol. The summed E-state index contributed by atoms with van der Waals surface area (Å²) in [6, 6.07) is 0.789. The average Bonchev–Trinajstić information content (AvgIpc) is 2.28. The van der Waals surface area contributed by atoms with E-state index < -0.39 is 0 Å². The van der Waals surface area contributed by atoms with Gasteiger partial charge in [0.1, 0.15) is 0 Å². The van der Waals surface area contributed by atoms with Gasteiger partial charge in [0.2, 0.25) is 0 Å². The molecule has 3 heteroatoms. The van der Waals surface area contributed by atoms with Crippen molar-refractivity contribution in [2.75, 3.05) is 45.8 Å². The summed E-state index contributed by atoms with van der Waals surface area (Å²) in [6.45, 7) is 15.7.